The Bertz CT molecular complexity index is 334. The summed E-state index contributed by atoms with van der Waals surface area (Å²) in [6, 6.07) is 5.73. The van der Waals surface area contributed by atoms with Gasteiger partial charge in [-0.05, 0) is 37.0 Å². The summed E-state index contributed by atoms with van der Waals surface area (Å²) in [5.74, 6) is 1.20. The van der Waals surface area contributed by atoms with Crippen molar-refractivity contribution in [3.8, 4) is 5.75 Å². The molecule has 1 fully saturated rings. The van der Waals surface area contributed by atoms with E-state index in [-0.39, 0.29) is 6.10 Å². The second-order valence-corrected chi connectivity index (χ2v) is 4.58. The molecule has 0 aliphatic heterocycles. The molecule has 3 heteroatoms. The predicted molar refractivity (Wildman–Crippen MR) is 58.4 cm³/mol. The van der Waals surface area contributed by atoms with Gasteiger partial charge in [-0.15, -0.1) is 0 Å². The highest BCUT2D eigenvalue weighted by molar-refractivity contribution is 9.10. The number of hydrogen-bond donors (Lipinski definition) is 1. The molecule has 14 heavy (non-hydrogen) atoms. The number of rotatable bonds is 3. The zero-order valence-electron chi connectivity index (χ0n) is 8.03. The lowest BCUT2D eigenvalue weighted by Crippen LogP contribution is -2.02. The third-order valence-electron chi connectivity index (χ3n) is 2.58. The van der Waals surface area contributed by atoms with Crippen LogP contribution in [0.25, 0.3) is 0 Å². The number of aliphatic hydroxyl groups excluding tert-OH is 1. The average Bonchev–Trinajstić information content (AvgIpc) is 3.00. The highest BCUT2D eigenvalue weighted by Gasteiger charge is 2.32. The smallest absolute Gasteiger partial charge is 0.124 e. The van der Waals surface area contributed by atoms with Crippen molar-refractivity contribution >= 4 is 15.9 Å². The van der Waals surface area contributed by atoms with Gasteiger partial charge in [0.25, 0.3) is 0 Å². The second kappa shape index (κ2) is 3.91. The van der Waals surface area contributed by atoms with Crippen LogP contribution in [-0.4, -0.2) is 12.2 Å². The molecule has 0 saturated heterocycles. The minimum Gasteiger partial charge on any atom is -0.496 e. The molecule has 1 aliphatic carbocycles. The number of hydrogen-bond acceptors (Lipinski definition) is 2. The quantitative estimate of drug-likeness (QED) is 0.902. The summed E-state index contributed by atoms with van der Waals surface area (Å²) in [5, 5.41) is 10.00. The van der Waals surface area contributed by atoms with Gasteiger partial charge in [0.15, 0.2) is 0 Å². The fraction of sp³-hybridized carbons (Fsp3) is 0.455. The van der Waals surface area contributed by atoms with Crippen molar-refractivity contribution in [1.29, 1.82) is 0 Å². The summed E-state index contributed by atoms with van der Waals surface area (Å²) in [6.07, 6.45) is 1.87. The molecule has 1 saturated carbocycles. The standard InChI is InChI=1S/C11H13BrO2/c1-14-10-5-4-8(12)6-9(10)11(13)7-2-3-7/h4-7,11,13H,2-3H2,1H3. The van der Waals surface area contributed by atoms with E-state index in [4.69, 9.17) is 4.74 Å². The minimum absolute atomic E-state index is 0.373. The van der Waals surface area contributed by atoms with Crippen LogP contribution in [0.5, 0.6) is 5.75 Å². The normalized spacial score (nSPS) is 17.9. The Balaban J connectivity index is 2.32. The third-order valence-corrected chi connectivity index (χ3v) is 3.07. The van der Waals surface area contributed by atoms with Gasteiger partial charge in [0.2, 0.25) is 0 Å². The highest BCUT2D eigenvalue weighted by atomic mass is 79.9. The molecule has 0 aromatic heterocycles. The Morgan fingerprint density at radius 3 is 2.79 bits per heavy atom. The maximum atomic E-state index is 10.00. The number of aliphatic hydroxyl groups is 1. The van der Waals surface area contributed by atoms with Crippen molar-refractivity contribution < 1.29 is 9.84 Å². The van der Waals surface area contributed by atoms with Gasteiger partial charge in [0.1, 0.15) is 5.75 Å². The summed E-state index contributed by atoms with van der Waals surface area (Å²) >= 11 is 3.40. The molecule has 0 radical (unpaired) electrons. The zero-order valence-corrected chi connectivity index (χ0v) is 9.62. The van der Waals surface area contributed by atoms with Gasteiger partial charge >= 0.3 is 0 Å². The van der Waals surface area contributed by atoms with Crippen LogP contribution in [0.2, 0.25) is 0 Å². The van der Waals surface area contributed by atoms with E-state index < -0.39 is 0 Å². The van der Waals surface area contributed by atoms with Crippen LogP contribution >= 0.6 is 15.9 Å². The molecule has 0 heterocycles. The van der Waals surface area contributed by atoms with Crippen LogP contribution in [0.15, 0.2) is 22.7 Å². The SMILES string of the molecule is COc1ccc(Br)cc1C(O)C1CC1. The number of benzene rings is 1. The van der Waals surface area contributed by atoms with Gasteiger partial charge in [0, 0.05) is 10.0 Å². The molecule has 0 spiro atoms. The second-order valence-electron chi connectivity index (χ2n) is 3.67. The first-order valence-corrected chi connectivity index (χ1v) is 5.53. The predicted octanol–water partition coefficient (Wildman–Crippen LogP) is 2.90. The maximum Gasteiger partial charge on any atom is 0.124 e. The zero-order chi connectivity index (χ0) is 10.1. The molecule has 2 rings (SSSR count). The molecule has 1 N–H and O–H groups in total. The Morgan fingerprint density at radius 2 is 2.21 bits per heavy atom. The molecular formula is C11H13BrO2. The fourth-order valence-corrected chi connectivity index (χ4v) is 1.98. The third kappa shape index (κ3) is 1.93. The summed E-state index contributed by atoms with van der Waals surface area (Å²) < 4.78 is 6.20. The number of ether oxygens (including phenoxy) is 1. The van der Waals surface area contributed by atoms with E-state index in [9.17, 15) is 5.11 Å². The molecule has 0 amide bonds. The largest absolute Gasteiger partial charge is 0.496 e. The van der Waals surface area contributed by atoms with Gasteiger partial charge in [-0.1, -0.05) is 15.9 Å². The molecule has 1 aliphatic rings. The molecule has 2 nitrogen and oxygen atoms in total. The monoisotopic (exact) mass is 256 g/mol. The Labute approximate surface area is 92.0 Å². The lowest BCUT2D eigenvalue weighted by molar-refractivity contribution is 0.150. The molecule has 1 aromatic carbocycles. The van der Waals surface area contributed by atoms with E-state index in [1.807, 2.05) is 18.2 Å². The molecular weight excluding hydrogens is 244 g/mol. The Hall–Kier alpha value is -0.540. The molecule has 1 atom stereocenters. The number of halogens is 1. The van der Waals surface area contributed by atoms with Crippen LogP contribution in [-0.2, 0) is 0 Å². The van der Waals surface area contributed by atoms with Crippen molar-refractivity contribution in [1.82, 2.24) is 0 Å². The van der Waals surface area contributed by atoms with Gasteiger partial charge in [-0.2, -0.15) is 0 Å². The van der Waals surface area contributed by atoms with E-state index in [0.717, 1.165) is 28.6 Å². The van der Waals surface area contributed by atoms with E-state index >= 15 is 0 Å². The van der Waals surface area contributed by atoms with Gasteiger partial charge < -0.3 is 9.84 Å². The van der Waals surface area contributed by atoms with Crippen molar-refractivity contribution in [2.45, 2.75) is 18.9 Å². The summed E-state index contributed by atoms with van der Waals surface area (Å²) in [5.41, 5.74) is 0.893. The first kappa shape index (κ1) is 9.99. The van der Waals surface area contributed by atoms with Gasteiger partial charge in [-0.3, -0.25) is 0 Å². The van der Waals surface area contributed by atoms with Gasteiger partial charge in [0.05, 0.1) is 13.2 Å². The summed E-state index contributed by atoms with van der Waals surface area (Å²) in [6.45, 7) is 0. The lowest BCUT2D eigenvalue weighted by Gasteiger charge is -2.14. The molecule has 1 aromatic rings. The molecule has 0 bridgehead atoms. The summed E-state index contributed by atoms with van der Waals surface area (Å²) in [4.78, 5) is 0. The first-order chi connectivity index (χ1) is 6.72. The van der Waals surface area contributed by atoms with Crippen LogP contribution in [0.3, 0.4) is 0 Å². The minimum atomic E-state index is -0.373. The van der Waals surface area contributed by atoms with Crippen LogP contribution in [0.1, 0.15) is 24.5 Å². The maximum absolute atomic E-state index is 10.00. The summed E-state index contributed by atoms with van der Waals surface area (Å²) in [7, 11) is 1.63. The van der Waals surface area contributed by atoms with Crippen LogP contribution in [0.4, 0.5) is 0 Å². The van der Waals surface area contributed by atoms with Crippen LogP contribution < -0.4 is 4.74 Å². The van der Waals surface area contributed by atoms with Crippen molar-refractivity contribution in [3.05, 3.63) is 28.2 Å². The highest BCUT2D eigenvalue weighted by Crippen LogP contribution is 2.43. The van der Waals surface area contributed by atoms with Crippen LogP contribution in [0, 0.1) is 5.92 Å². The van der Waals surface area contributed by atoms with Gasteiger partial charge in [-0.25, -0.2) is 0 Å². The van der Waals surface area contributed by atoms with Crippen molar-refractivity contribution in [3.63, 3.8) is 0 Å². The Morgan fingerprint density at radius 1 is 1.50 bits per heavy atom. The fourth-order valence-electron chi connectivity index (χ4n) is 1.60. The lowest BCUT2D eigenvalue weighted by atomic mass is 10.0. The van der Waals surface area contributed by atoms with E-state index in [2.05, 4.69) is 15.9 Å². The van der Waals surface area contributed by atoms with E-state index in [1.165, 1.54) is 0 Å². The average molecular weight is 257 g/mol. The van der Waals surface area contributed by atoms with E-state index in [1.54, 1.807) is 7.11 Å². The van der Waals surface area contributed by atoms with Crippen molar-refractivity contribution in [2.75, 3.05) is 7.11 Å². The van der Waals surface area contributed by atoms with E-state index in [0.29, 0.717) is 5.92 Å². The molecule has 1 unspecified atom stereocenters. The number of methoxy groups -OCH3 is 1. The topological polar surface area (TPSA) is 29.5 Å². The van der Waals surface area contributed by atoms with Crippen molar-refractivity contribution in [2.24, 2.45) is 5.92 Å². The molecule has 76 valence electrons. The Kier molecular flexibility index (Phi) is 2.79. The first-order valence-electron chi connectivity index (χ1n) is 4.74.